The number of anilines is 1. The normalized spacial score (nSPS) is 15.4. The Kier molecular flexibility index (Phi) is 6.18. The number of halogens is 1. The molecule has 1 heterocycles. The van der Waals surface area contributed by atoms with E-state index in [1.807, 2.05) is 0 Å². The monoisotopic (exact) mass is 324 g/mol. The predicted molar refractivity (Wildman–Crippen MR) is 87.1 cm³/mol. The van der Waals surface area contributed by atoms with Gasteiger partial charge in [0, 0.05) is 50.0 Å². The lowest BCUT2D eigenvalue weighted by atomic mass is 10.2. The second-order valence-corrected chi connectivity index (χ2v) is 5.62. The zero-order valence-corrected chi connectivity index (χ0v) is 13.4. The second-order valence-electron chi connectivity index (χ2n) is 5.21. The molecule has 0 unspecified atom stereocenters. The number of piperazine rings is 1. The maximum atomic E-state index is 11.9. The van der Waals surface area contributed by atoms with Crippen molar-refractivity contribution in [2.24, 2.45) is 0 Å². The van der Waals surface area contributed by atoms with Crippen LogP contribution in [0.25, 0.3) is 0 Å². The highest BCUT2D eigenvalue weighted by Gasteiger charge is 2.16. The molecule has 0 atom stereocenters. The molecule has 0 aromatic heterocycles. The average molecular weight is 325 g/mol. The van der Waals surface area contributed by atoms with Crippen molar-refractivity contribution in [1.82, 2.24) is 15.5 Å². The van der Waals surface area contributed by atoms with Gasteiger partial charge in [0.25, 0.3) is 0 Å². The van der Waals surface area contributed by atoms with Gasteiger partial charge in [-0.3, -0.25) is 14.5 Å². The van der Waals surface area contributed by atoms with Crippen LogP contribution in [0, 0.1) is 6.92 Å². The predicted octanol–water partition coefficient (Wildman–Crippen LogP) is 0.608. The fraction of sp³-hybridized carbons (Fsp3) is 0.467. The Morgan fingerprint density at radius 1 is 1.27 bits per heavy atom. The number of rotatable bonds is 4. The molecule has 1 aromatic rings. The fourth-order valence-electron chi connectivity index (χ4n) is 2.26. The number of nitrogens with zero attached hydrogens (tertiary/aromatic N) is 1. The summed E-state index contributed by atoms with van der Waals surface area (Å²) in [5.74, 6) is -1.31. The van der Waals surface area contributed by atoms with E-state index in [9.17, 15) is 9.59 Å². The van der Waals surface area contributed by atoms with Crippen molar-refractivity contribution in [3.05, 3.63) is 28.8 Å². The van der Waals surface area contributed by atoms with Crippen molar-refractivity contribution in [2.45, 2.75) is 6.92 Å². The molecule has 1 aliphatic heterocycles. The van der Waals surface area contributed by atoms with E-state index >= 15 is 0 Å². The van der Waals surface area contributed by atoms with Crippen LogP contribution in [-0.4, -0.2) is 56.0 Å². The van der Waals surface area contributed by atoms with Gasteiger partial charge in [-0.25, -0.2) is 0 Å². The number of carbonyl (C=O) groups excluding carboxylic acids is 2. The first-order valence-electron chi connectivity index (χ1n) is 7.35. The third kappa shape index (κ3) is 4.69. The molecule has 1 aromatic carbocycles. The number of benzene rings is 1. The summed E-state index contributed by atoms with van der Waals surface area (Å²) in [5.41, 5.74) is 1.29. The summed E-state index contributed by atoms with van der Waals surface area (Å²) in [6.45, 7) is 6.84. The summed E-state index contributed by atoms with van der Waals surface area (Å²) in [5, 5.41) is 9.04. The molecule has 1 aliphatic rings. The zero-order valence-electron chi connectivity index (χ0n) is 12.6. The van der Waals surface area contributed by atoms with Crippen LogP contribution in [0.15, 0.2) is 18.2 Å². The van der Waals surface area contributed by atoms with Crippen molar-refractivity contribution in [1.29, 1.82) is 0 Å². The first-order valence-corrected chi connectivity index (χ1v) is 7.73. The largest absolute Gasteiger partial charge is 0.347 e. The minimum absolute atomic E-state index is 0.459. The van der Waals surface area contributed by atoms with Gasteiger partial charge in [-0.15, -0.1) is 0 Å². The number of hydrogen-bond donors (Lipinski definition) is 3. The maximum absolute atomic E-state index is 11.9. The molecule has 3 N–H and O–H groups in total. The van der Waals surface area contributed by atoms with E-state index in [4.69, 9.17) is 11.6 Å². The van der Waals surface area contributed by atoms with Crippen molar-refractivity contribution >= 4 is 29.1 Å². The van der Waals surface area contributed by atoms with Crippen LogP contribution >= 0.6 is 11.6 Å². The minimum Gasteiger partial charge on any atom is -0.347 e. The highest BCUT2D eigenvalue weighted by atomic mass is 35.5. The second kappa shape index (κ2) is 8.12. The molecule has 0 spiro atoms. The SMILES string of the molecule is Cc1c(Cl)cccc1NC(=O)C(=O)NCCN1CCNCC1. The van der Waals surface area contributed by atoms with Crippen LogP contribution < -0.4 is 16.0 Å². The summed E-state index contributed by atoms with van der Waals surface area (Å²) < 4.78 is 0. The Bertz CT molecular complexity index is 544. The Morgan fingerprint density at radius 3 is 2.73 bits per heavy atom. The van der Waals surface area contributed by atoms with Gasteiger partial charge in [0.1, 0.15) is 0 Å². The zero-order chi connectivity index (χ0) is 15.9. The van der Waals surface area contributed by atoms with Gasteiger partial charge in [0.05, 0.1) is 0 Å². The molecule has 1 saturated heterocycles. The van der Waals surface area contributed by atoms with Crippen molar-refractivity contribution < 1.29 is 9.59 Å². The highest BCUT2D eigenvalue weighted by molar-refractivity contribution is 6.40. The average Bonchev–Trinajstić information content (AvgIpc) is 2.52. The minimum atomic E-state index is -0.675. The van der Waals surface area contributed by atoms with Gasteiger partial charge in [-0.1, -0.05) is 17.7 Å². The van der Waals surface area contributed by atoms with Gasteiger partial charge in [-0.05, 0) is 24.6 Å². The topological polar surface area (TPSA) is 73.5 Å². The van der Waals surface area contributed by atoms with Gasteiger partial charge >= 0.3 is 11.8 Å². The summed E-state index contributed by atoms with van der Waals surface area (Å²) in [6.07, 6.45) is 0. The molecule has 1 fully saturated rings. The van der Waals surface area contributed by atoms with Crippen LogP contribution in [0.4, 0.5) is 5.69 Å². The van der Waals surface area contributed by atoms with Gasteiger partial charge in [0.15, 0.2) is 0 Å². The molecule has 120 valence electrons. The lowest BCUT2D eigenvalue weighted by Gasteiger charge is -2.26. The van der Waals surface area contributed by atoms with Crippen molar-refractivity contribution in [3.63, 3.8) is 0 Å². The van der Waals surface area contributed by atoms with E-state index in [1.54, 1.807) is 25.1 Å². The Balaban J connectivity index is 1.77. The molecule has 0 radical (unpaired) electrons. The van der Waals surface area contributed by atoms with E-state index < -0.39 is 11.8 Å². The van der Waals surface area contributed by atoms with Crippen LogP contribution in [0.1, 0.15) is 5.56 Å². The molecule has 22 heavy (non-hydrogen) atoms. The lowest BCUT2D eigenvalue weighted by Crippen LogP contribution is -2.47. The molecule has 6 nitrogen and oxygen atoms in total. The Labute approximate surface area is 135 Å². The smallest absolute Gasteiger partial charge is 0.313 e. The first-order chi connectivity index (χ1) is 10.6. The molecular formula is C15H21ClN4O2. The number of amides is 2. The molecule has 2 amide bonds. The van der Waals surface area contributed by atoms with Crippen LogP contribution in [0.3, 0.4) is 0 Å². The van der Waals surface area contributed by atoms with Gasteiger partial charge in [-0.2, -0.15) is 0 Å². The molecular weight excluding hydrogens is 304 g/mol. The van der Waals surface area contributed by atoms with Crippen LogP contribution in [0.5, 0.6) is 0 Å². The standard InChI is InChI=1S/C15H21ClN4O2/c1-11-12(16)3-2-4-13(11)19-15(22)14(21)18-7-10-20-8-5-17-6-9-20/h2-4,17H,5-10H2,1H3,(H,18,21)(H,19,22). The number of carbonyl (C=O) groups is 2. The number of nitrogens with one attached hydrogen (secondary N) is 3. The molecule has 0 aliphatic carbocycles. The van der Waals surface area contributed by atoms with Crippen molar-refractivity contribution in [3.8, 4) is 0 Å². The van der Waals surface area contributed by atoms with Gasteiger partial charge in [0.2, 0.25) is 0 Å². The van der Waals surface area contributed by atoms with Crippen molar-refractivity contribution in [2.75, 3.05) is 44.6 Å². The fourth-order valence-corrected chi connectivity index (χ4v) is 2.44. The molecule has 7 heteroatoms. The third-order valence-corrected chi connectivity index (χ3v) is 4.05. The van der Waals surface area contributed by atoms with Crippen LogP contribution in [0.2, 0.25) is 5.02 Å². The summed E-state index contributed by atoms with van der Waals surface area (Å²) in [6, 6.07) is 5.18. The third-order valence-electron chi connectivity index (χ3n) is 3.65. The Morgan fingerprint density at radius 2 is 2.00 bits per heavy atom. The van der Waals surface area contributed by atoms with E-state index in [0.717, 1.165) is 38.3 Å². The summed E-state index contributed by atoms with van der Waals surface area (Å²) in [7, 11) is 0. The molecule has 0 bridgehead atoms. The summed E-state index contributed by atoms with van der Waals surface area (Å²) in [4.78, 5) is 25.9. The molecule has 0 saturated carbocycles. The van der Waals surface area contributed by atoms with Crippen LogP contribution in [-0.2, 0) is 9.59 Å². The number of hydrogen-bond acceptors (Lipinski definition) is 4. The van der Waals surface area contributed by atoms with E-state index in [1.165, 1.54) is 0 Å². The van der Waals surface area contributed by atoms with Gasteiger partial charge < -0.3 is 16.0 Å². The van der Waals surface area contributed by atoms with E-state index in [-0.39, 0.29) is 0 Å². The quantitative estimate of drug-likeness (QED) is 0.710. The summed E-state index contributed by atoms with van der Waals surface area (Å²) >= 11 is 5.98. The highest BCUT2D eigenvalue weighted by Crippen LogP contribution is 2.22. The Hall–Kier alpha value is -1.63. The van der Waals surface area contributed by atoms with E-state index in [2.05, 4.69) is 20.9 Å². The lowest BCUT2D eigenvalue weighted by molar-refractivity contribution is -0.136. The maximum Gasteiger partial charge on any atom is 0.313 e. The molecule has 2 rings (SSSR count). The first kappa shape index (κ1) is 16.7. The van der Waals surface area contributed by atoms with E-state index in [0.29, 0.717) is 17.3 Å².